The number of alkyl carbamates (subject to hydrolysis) is 1. The molecule has 0 aromatic heterocycles. The molecule has 0 spiro atoms. The van der Waals surface area contributed by atoms with Crippen LogP contribution in [-0.4, -0.2) is 41.0 Å². The van der Waals surface area contributed by atoms with Gasteiger partial charge >= 0.3 is 6.09 Å². The SMILES string of the molecule is CC(C)(C)OC(=O)NC1CCCC(NC2CCC(O)CC2)C1. The first kappa shape index (κ1) is 17.5. The first-order valence-corrected chi connectivity index (χ1v) is 8.75. The zero-order chi connectivity index (χ0) is 16.2. The van der Waals surface area contributed by atoms with E-state index in [1.807, 2.05) is 20.8 Å². The second kappa shape index (κ2) is 7.64. The third-order valence-electron chi connectivity index (χ3n) is 4.56. The molecule has 0 heterocycles. The maximum absolute atomic E-state index is 11.9. The highest BCUT2D eigenvalue weighted by Crippen LogP contribution is 2.23. The Balaban J connectivity index is 1.73. The zero-order valence-electron chi connectivity index (χ0n) is 14.2. The van der Waals surface area contributed by atoms with Crippen molar-refractivity contribution in [2.75, 3.05) is 0 Å². The average molecular weight is 312 g/mol. The highest BCUT2D eigenvalue weighted by atomic mass is 16.6. The Hall–Kier alpha value is -0.810. The van der Waals surface area contributed by atoms with Gasteiger partial charge in [-0.3, -0.25) is 0 Å². The van der Waals surface area contributed by atoms with Crippen molar-refractivity contribution in [2.24, 2.45) is 0 Å². The quantitative estimate of drug-likeness (QED) is 0.749. The molecule has 0 bridgehead atoms. The second-order valence-electron chi connectivity index (χ2n) is 7.88. The number of nitrogens with one attached hydrogen (secondary N) is 2. The van der Waals surface area contributed by atoms with Crippen LogP contribution in [0.15, 0.2) is 0 Å². The van der Waals surface area contributed by atoms with E-state index in [-0.39, 0.29) is 18.2 Å². The first-order valence-electron chi connectivity index (χ1n) is 8.75. The Bertz CT molecular complexity index is 359. The molecule has 1 amide bonds. The number of amides is 1. The van der Waals surface area contributed by atoms with Crippen molar-refractivity contribution in [3.05, 3.63) is 0 Å². The molecule has 22 heavy (non-hydrogen) atoms. The van der Waals surface area contributed by atoms with Crippen molar-refractivity contribution >= 4 is 6.09 Å². The van der Waals surface area contributed by atoms with Gasteiger partial charge in [-0.25, -0.2) is 4.79 Å². The molecule has 0 aliphatic heterocycles. The van der Waals surface area contributed by atoms with Crippen LogP contribution < -0.4 is 10.6 Å². The van der Waals surface area contributed by atoms with Crippen LogP contribution in [0.3, 0.4) is 0 Å². The van der Waals surface area contributed by atoms with E-state index in [0.29, 0.717) is 12.1 Å². The summed E-state index contributed by atoms with van der Waals surface area (Å²) in [6.07, 6.45) is 7.82. The van der Waals surface area contributed by atoms with Crippen LogP contribution in [0.25, 0.3) is 0 Å². The van der Waals surface area contributed by atoms with Crippen molar-refractivity contribution in [1.29, 1.82) is 0 Å². The van der Waals surface area contributed by atoms with E-state index in [9.17, 15) is 9.90 Å². The maximum atomic E-state index is 11.9. The Morgan fingerprint density at radius 1 is 1.00 bits per heavy atom. The van der Waals surface area contributed by atoms with Crippen LogP contribution in [0.5, 0.6) is 0 Å². The van der Waals surface area contributed by atoms with Crippen molar-refractivity contribution in [1.82, 2.24) is 10.6 Å². The summed E-state index contributed by atoms with van der Waals surface area (Å²) < 4.78 is 5.34. The number of aliphatic hydroxyl groups is 1. The third-order valence-corrected chi connectivity index (χ3v) is 4.56. The van der Waals surface area contributed by atoms with Crippen molar-refractivity contribution in [3.63, 3.8) is 0 Å². The molecule has 128 valence electrons. The van der Waals surface area contributed by atoms with E-state index >= 15 is 0 Å². The smallest absolute Gasteiger partial charge is 0.407 e. The molecule has 3 N–H and O–H groups in total. The standard InChI is InChI=1S/C17H32N2O3/c1-17(2,3)22-16(21)19-14-6-4-5-13(11-14)18-12-7-9-15(20)10-8-12/h12-15,18,20H,4-11H2,1-3H3,(H,19,21). The van der Waals surface area contributed by atoms with Gasteiger partial charge in [0.25, 0.3) is 0 Å². The minimum absolute atomic E-state index is 0.106. The molecule has 2 aliphatic carbocycles. The summed E-state index contributed by atoms with van der Waals surface area (Å²) >= 11 is 0. The highest BCUT2D eigenvalue weighted by molar-refractivity contribution is 5.68. The molecule has 2 rings (SSSR count). The van der Waals surface area contributed by atoms with E-state index < -0.39 is 5.60 Å². The average Bonchev–Trinajstić information content (AvgIpc) is 2.39. The number of ether oxygens (including phenoxy) is 1. The summed E-state index contributed by atoms with van der Waals surface area (Å²) in [7, 11) is 0. The molecule has 0 aromatic carbocycles. The van der Waals surface area contributed by atoms with Gasteiger partial charge in [-0.2, -0.15) is 0 Å². The number of hydrogen-bond acceptors (Lipinski definition) is 4. The molecule has 0 aromatic rings. The number of rotatable bonds is 3. The van der Waals surface area contributed by atoms with Gasteiger partial charge in [-0.15, -0.1) is 0 Å². The normalized spacial score (nSPS) is 33.3. The van der Waals surface area contributed by atoms with Crippen LogP contribution in [0, 0.1) is 0 Å². The Morgan fingerprint density at radius 3 is 2.27 bits per heavy atom. The molecule has 2 saturated carbocycles. The van der Waals surface area contributed by atoms with E-state index in [2.05, 4.69) is 10.6 Å². The van der Waals surface area contributed by atoms with Crippen molar-refractivity contribution in [3.8, 4) is 0 Å². The summed E-state index contributed by atoms with van der Waals surface area (Å²) in [5, 5.41) is 16.3. The van der Waals surface area contributed by atoms with Gasteiger partial charge in [0.05, 0.1) is 6.10 Å². The van der Waals surface area contributed by atoms with Crippen LogP contribution in [0.4, 0.5) is 4.79 Å². The van der Waals surface area contributed by atoms with Gasteiger partial charge in [-0.1, -0.05) is 0 Å². The zero-order valence-corrected chi connectivity index (χ0v) is 14.2. The van der Waals surface area contributed by atoms with Crippen LogP contribution in [-0.2, 0) is 4.74 Å². The van der Waals surface area contributed by atoms with Gasteiger partial charge in [0.15, 0.2) is 0 Å². The molecule has 5 heteroatoms. The molecular formula is C17H32N2O3. The van der Waals surface area contributed by atoms with E-state index in [1.165, 1.54) is 6.42 Å². The lowest BCUT2D eigenvalue weighted by molar-refractivity contribution is 0.0485. The number of carbonyl (C=O) groups excluding carboxylic acids is 1. The van der Waals surface area contributed by atoms with Crippen LogP contribution >= 0.6 is 0 Å². The fourth-order valence-electron chi connectivity index (χ4n) is 3.52. The second-order valence-corrected chi connectivity index (χ2v) is 7.88. The predicted molar refractivity (Wildman–Crippen MR) is 86.8 cm³/mol. The van der Waals surface area contributed by atoms with Crippen LogP contribution in [0.2, 0.25) is 0 Å². The molecule has 2 atom stereocenters. The molecule has 2 unspecified atom stereocenters. The monoisotopic (exact) mass is 312 g/mol. The highest BCUT2D eigenvalue weighted by Gasteiger charge is 2.28. The summed E-state index contributed by atoms with van der Waals surface area (Å²) in [5.74, 6) is 0. The van der Waals surface area contributed by atoms with Gasteiger partial charge in [0, 0.05) is 18.1 Å². The topological polar surface area (TPSA) is 70.6 Å². The minimum Gasteiger partial charge on any atom is -0.444 e. The first-order chi connectivity index (χ1) is 10.3. The van der Waals surface area contributed by atoms with E-state index in [1.54, 1.807) is 0 Å². The summed E-state index contributed by atoms with van der Waals surface area (Å²) in [4.78, 5) is 11.9. The third kappa shape index (κ3) is 6.13. The summed E-state index contributed by atoms with van der Waals surface area (Å²) in [6.45, 7) is 5.65. The van der Waals surface area contributed by atoms with Gasteiger partial charge in [0.1, 0.15) is 5.60 Å². The lowest BCUT2D eigenvalue weighted by Crippen LogP contribution is -2.48. The van der Waals surface area contributed by atoms with E-state index in [0.717, 1.165) is 44.9 Å². The van der Waals surface area contributed by atoms with Crippen LogP contribution in [0.1, 0.15) is 72.1 Å². The van der Waals surface area contributed by atoms with Gasteiger partial charge in [-0.05, 0) is 72.1 Å². The largest absolute Gasteiger partial charge is 0.444 e. The Labute approximate surface area is 134 Å². The molecule has 0 saturated heterocycles. The number of hydrogen-bond donors (Lipinski definition) is 3. The lowest BCUT2D eigenvalue weighted by atomic mass is 9.88. The minimum atomic E-state index is -0.445. The predicted octanol–water partition coefficient (Wildman–Crippen LogP) is 2.72. The fourth-order valence-corrected chi connectivity index (χ4v) is 3.52. The number of carbonyl (C=O) groups is 1. The van der Waals surface area contributed by atoms with Gasteiger partial charge in [0.2, 0.25) is 0 Å². The van der Waals surface area contributed by atoms with Crippen molar-refractivity contribution < 1.29 is 14.6 Å². The lowest BCUT2D eigenvalue weighted by Gasteiger charge is -2.35. The fraction of sp³-hybridized carbons (Fsp3) is 0.941. The molecule has 5 nitrogen and oxygen atoms in total. The summed E-state index contributed by atoms with van der Waals surface area (Å²) in [5.41, 5.74) is -0.445. The van der Waals surface area contributed by atoms with Crippen molar-refractivity contribution in [2.45, 2.75) is 102 Å². The molecule has 0 radical (unpaired) electrons. The Morgan fingerprint density at radius 2 is 1.64 bits per heavy atom. The molecular weight excluding hydrogens is 280 g/mol. The van der Waals surface area contributed by atoms with Gasteiger partial charge < -0.3 is 20.5 Å². The maximum Gasteiger partial charge on any atom is 0.407 e. The number of aliphatic hydroxyl groups excluding tert-OH is 1. The van der Waals surface area contributed by atoms with E-state index in [4.69, 9.17) is 4.74 Å². The molecule has 2 aliphatic rings. The summed E-state index contributed by atoms with van der Waals surface area (Å²) in [6, 6.07) is 1.19. The molecule has 2 fully saturated rings. The Kier molecular flexibility index (Phi) is 6.09.